The van der Waals surface area contributed by atoms with Crippen molar-refractivity contribution in [2.45, 2.75) is 37.5 Å². The highest BCUT2D eigenvalue weighted by molar-refractivity contribution is 6.10. The van der Waals surface area contributed by atoms with Crippen LogP contribution in [0.25, 0.3) is 60.5 Å². The van der Waals surface area contributed by atoms with Crippen LogP contribution in [0.4, 0.5) is 17.1 Å². The van der Waals surface area contributed by atoms with Crippen molar-refractivity contribution in [2.24, 2.45) is 23.7 Å². The lowest BCUT2D eigenvalue weighted by molar-refractivity contribution is -0.0399. The first-order valence-corrected chi connectivity index (χ1v) is 21.4. The molecule has 4 bridgehead atoms. The molecule has 0 aliphatic heterocycles. The molecule has 0 radical (unpaired) electrons. The zero-order valence-corrected chi connectivity index (χ0v) is 32.6. The first kappa shape index (κ1) is 32.7. The van der Waals surface area contributed by atoms with Gasteiger partial charge in [-0.25, -0.2) is 0 Å². The molecular formula is C56H44N2. The fourth-order valence-electron chi connectivity index (χ4n) is 12.9. The van der Waals surface area contributed by atoms with Crippen molar-refractivity contribution in [3.05, 3.63) is 193 Å². The van der Waals surface area contributed by atoms with Crippen LogP contribution in [0.3, 0.4) is 0 Å². The molecule has 58 heavy (non-hydrogen) atoms. The molecule has 1 aromatic heterocycles. The standard InChI is InChI=1S/C56H44N2/c1-2-12-44(13-3-1)58-54-17-9-7-15-49(54)50-26-24-47(35-55(50)58)57(45-22-20-39(21-23-45)41-19-18-38-10-4-5-11-40(38)33-41)46-25-27-53-51(34-46)48-14-6-8-16-52(48)56(53)42-29-36-28-37(31-42)32-43(56)30-36/h1-27,33-37,42-43H,28-32H2. The summed E-state index contributed by atoms with van der Waals surface area (Å²) in [6.45, 7) is 0. The molecule has 2 heteroatoms. The van der Waals surface area contributed by atoms with Crippen LogP contribution in [-0.2, 0) is 5.41 Å². The SMILES string of the molecule is c1ccc(-n2c3ccccc3c3ccc(N(c4ccc(-c5ccc6ccccc6c5)cc4)c4ccc5c(c4)-c4ccccc4C54C5CC6CC(C5)CC4C6)cc32)cc1. The van der Waals surface area contributed by atoms with E-state index >= 15 is 0 Å². The molecule has 0 unspecified atom stereocenters. The highest BCUT2D eigenvalue weighted by atomic mass is 15.1. The molecule has 1 spiro atoms. The van der Waals surface area contributed by atoms with E-state index in [0.717, 1.165) is 35.0 Å². The van der Waals surface area contributed by atoms with Crippen molar-refractivity contribution in [3.63, 3.8) is 0 Å². The Labute approximate surface area is 340 Å². The van der Waals surface area contributed by atoms with Crippen LogP contribution in [0.15, 0.2) is 182 Å². The van der Waals surface area contributed by atoms with E-state index in [0.29, 0.717) is 0 Å². The van der Waals surface area contributed by atoms with Gasteiger partial charge in [-0.05, 0) is 161 Å². The maximum absolute atomic E-state index is 2.56. The van der Waals surface area contributed by atoms with Gasteiger partial charge in [-0.1, -0.05) is 121 Å². The molecule has 4 fully saturated rings. The topological polar surface area (TPSA) is 8.17 Å². The number of para-hydroxylation sites is 2. The summed E-state index contributed by atoms with van der Waals surface area (Å²) >= 11 is 0. The minimum atomic E-state index is 0.153. The number of nitrogens with zero attached hydrogens (tertiary/aromatic N) is 2. The maximum atomic E-state index is 2.56. The molecule has 1 heterocycles. The molecule has 4 saturated carbocycles. The fraction of sp³-hybridized carbons (Fsp3) is 0.179. The lowest BCUT2D eigenvalue weighted by Gasteiger charge is -2.61. The molecule has 5 aliphatic rings. The summed E-state index contributed by atoms with van der Waals surface area (Å²) in [6, 6.07) is 68.5. The quantitative estimate of drug-likeness (QED) is 0.170. The Balaban J connectivity index is 1.01. The van der Waals surface area contributed by atoms with Crippen LogP contribution in [0.5, 0.6) is 0 Å². The van der Waals surface area contributed by atoms with Crippen molar-refractivity contribution < 1.29 is 0 Å². The van der Waals surface area contributed by atoms with Gasteiger partial charge in [0.25, 0.3) is 0 Å². The van der Waals surface area contributed by atoms with Crippen molar-refractivity contribution in [2.75, 3.05) is 4.90 Å². The van der Waals surface area contributed by atoms with Crippen molar-refractivity contribution in [1.82, 2.24) is 4.57 Å². The first-order chi connectivity index (χ1) is 28.7. The second kappa shape index (κ2) is 12.3. The zero-order chi connectivity index (χ0) is 38.0. The summed E-state index contributed by atoms with van der Waals surface area (Å²) in [5, 5.41) is 5.07. The highest BCUT2D eigenvalue weighted by Crippen LogP contribution is 2.69. The van der Waals surface area contributed by atoms with Crippen molar-refractivity contribution in [1.29, 1.82) is 0 Å². The molecule has 5 aliphatic carbocycles. The average molecular weight is 745 g/mol. The van der Waals surface area contributed by atoms with Gasteiger partial charge in [0.1, 0.15) is 0 Å². The molecule has 278 valence electrons. The Morgan fingerprint density at radius 3 is 1.86 bits per heavy atom. The third-order valence-electron chi connectivity index (χ3n) is 14.9. The summed E-state index contributed by atoms with van der Waals surface area (Å²) in [7, 11) is 0. The van der Waals surface area contributed by atoms with E-state index < -0.39 is 0 Å². The summed E-state index contributed by atoms with van der Waals surface area (Å²) in [5.41, 5.74) is 15.8. The van der Waals surface area contributed by atoms with E-state index in [9.17, 15) is 0 Å². The molecule has 0 amide bonds. The number of hydrogen-bond acceptors (Lipinski definition) is 1. The van der Waals surface area contributed by atoms with Crippen molar-refractivity contribution in [3.8, 4) is 27.9 Å². The van der Waals surface area contributed by atoms with E-state index in [1.165, 1.54) is 98.3 Å². The summed E-state index contributed by atoms with van der Waals surface area (Å²) < 4.78 is 2.43. The maximum Gasteiger partial charge on any atom is 0.0561 e. The predicted molar refractivity (Wildman–Crippen MR) is 242 cm³/mol. The number of hydrogen-bond donors (Lipinski definition) is 0. The number of aromatic nitrogens is 1. The number of anilines is 3. The average Bonchev–Trinajstić information content (AvgIpc) is 3.76. The van der Waals surface area contributed by atoms with Gasteiger partial charge in [-0.2, -0.15) is 0 Å². The van der Waals surface area contributed by atoms with Gasteiger partial charge in [0.2, 0.25) is 0 Å². The molecular weight excluding hydrogens is 701 g/mol. The molecule has 14 rings (SSSR count). The molecule has 0 atom stereocenters. The largest absolute Gasteiger partial charge is 0.310 e. The van der Waals surface area contributed by atoms with Crippen LogP contribution >= 0.6 is 0 Å². The van der Waals surface area contributed by atoms with Gasteiger partial charge < -0.3 is 9.47 Å². The van der Waals surface area contributed by atoms with E-state index in [1.807, 2.05) is 0 Å². The number of fused-ring (bicyclic) bond motifs is 7. The van der Waals surface area contributed by atoms with E-state index in [1.54, 1.807) is 11.1 Å². The Morgan fingerprint density at radius 2 is 1.03 bits per heavy atom. The third kappa shape index (κ3) is 4.60. The smallest absolute Gasteiger partial charge is 0.0561 e. The lowest BCUT2D eigenvalue weighted by Crippen LogP contribution is -2.55. The number of benzene rings is 8. The number of rotatable bonds is 5. The van der Waals surface area contributed by atoms with Gasteiger partial charge in [-0.3, -0.25) is 0 Å². The lowest BCUT2D eigenvalue weighted by atomic mass is 9.43. The summed E-state index contributed by atoms with van der Waals surface area (Å²) in [4.78, 5) is 2.50. The molecule has 9 aromatic rings. The van der Waals surface area contributed by atoms with Gasteiger partial charge in [0.05, 0.1) is 11.0 Å². The molecule has 0 N–H and O–H groups in total. The minimum absolute atomic E-state index is 0.153. The van der Waals surface area contributed by atoms with E-state index in [-0.39, 0.29) is 5.41 Å². The Bertz CT molecular complexity index is 3050. The highest BCUT2D eigenvalue weighted by Gasteiger charge is 2.61. The monoisotopic (exact) mass is 744 g/mol. The van der Waals surface area contributed by atoms with Crippen LogP contribution in [0, 0.1) is 23.7 Å². The van der Waals surface area contributed by atoms with Gasteiger partial charge >= 0.3 is 0 Å². The fourth-order valence-corrected chi connectivity index (χ4v) is 12.9. The summed E-state index contributed by atoms with van der Waals surface area (Å²) in [6.07, 6.45) is 7.06. The zero-order valence-electron chi connectivity index (χ0n) is 32.6. The predicted octanol–water partition coefficient (Wildman–Crippen LogP) is 14.8. The van der Waals surface area contributed by atoms with Gasteiger partial charge in [0.15, 0.2) is 0 Å². The van der Waals surface area contributed by atoms with E-state index in [2.05, 4.69) is 191 Å². The van der Waals surface area contributed by atoms with Crippen LogP contribution in [0.1, 0.15) is 43.2 Å². The summed E-state index contributed by atoms with van der Waals surface area (Å²) in [5.74, 6) is 3.35. The van der Waals surface area contributed by atoms with Gasteiger partial charge in [0, 0.05) is 38.9 Å². The van der Waals surface area contributed by atoms with Crippen molar-refractivity contribution >= 4 is 49.6 Å². The normalized spacial score (nSPS) is 22.6. The second-order valence-corrected chi connectivity index (χ2v) is 17.8. The Morgan fingerprint density at radius 1 is 0.414 bits per heavy atom. The molecule has 0 saturated heterocycles. The Hall–Kier alpha value is -6.38. The molecule has 2 nitrogen and oxygen atoms in total. The van der Waals surface area contributed by atoms with Gasteiger partial charge in [-0.15, -0.1) is 0 Å². The third-order valence-corrected chi connectivity index (χ3v) is 14.9. The second-order valence-electron chi connectivity index (χ2n) is 17.8. The van der Waals surface area contributed by atoms with Crippen LogP contribution in [-0.4, -0.2) is 4.57 Å². The first-order valence-electron chi connectivity index (χ1n) is 21.4. The van der Waals surface area contributed by atoms with Crippen LogP contribution < -0.4 is 4.90 Å². The Kier molecular flexibility index (Phi) is 6.94. The van der Waals surface area contributed by atoms with E-state index in [4.69, 9.17) is 0 Å². The minimum Gasteiger partial charge on any atom is -0.310 e. The van der Waals surface area contributed by atoms with Crippen LogP contribution in [0.2, 0.25) is 0 Å². The molecule has 8 aromatic carbocycles.